The van der Waals surface area contributed by atoms with E-state index in [4.69, 9.17) is 16.3 Å². The summed E-state index contributed by atoms with van der Waals surface area (Å²) in [5.74, 6) is -0.0389. The molecule has 0 aliphatic heterocycles. The van der Waals surface area contributed by atoms with E-state index in [-0.39, 0.29) is 34.8 Å². The Balaban J connectivity index is 1.56. The number of aryl methyl sites for hydroxylation is 2. The molecule has 0 unspecified atom stereocenters. The normalized spacial score (nSPS) is 10.7. The first-order valence-corrected chi connectivity index (χ1v) is 9.16. The van der Waals surface area contributed by atoms with E-state index in [0.29, 0.717) is 6.54 Å². The fraction of sp³-hybridized carbons (Fsp3) is 0.278. The van der Waals surface area contributed by atoms with E-state index in [1.807, 2.05) is 24.7 Å². The lowest BCUT2D eigenvalue weighted by Gasteiger charge is -2.07. The number of rotatable bonds is 8. The Morgan fingerprint density at radius 1 is 1.31 bits per heavy atom. The molecule has 0 aliphatic carbocycles. The maximum atomic E-state index is 12.3. The number of aromatic nitrogens is 4. The van der Waals surface area contributed by atoms with E-state index in [1.165, 1.54) is 22.9 Å². The molecule has 0 saturated heterocycles. The second-order valence-corrected chi connectivity index (χ2v) is 6.57. The van der Waals surface area contributed by atoms with Crippen LogP contribution in [0.25, 0.3) is 0 Å². The van der Waals surface area contributed by atoms with Crippen molar-refractivity contribution in [3.05, 3.63) is 68.7 Å². The molecule has 2 heterocycles. The molecule has 1 aromatic carbocycles. The summed E-state index contributed by atoms with van der Waals surface area (Å²) < 4.78 is 8.75. The van der Waals surface area contributed by atoms with Crippen molar-refractivity contribution in [2.24, 2.45) is 0 Å². The first-order chi connectivity index (χ1) is 13.9. The molecule has 0 saturated carbocycles. The average molecular weight is 419 g/mol. The van der Waals surface area contributed by atoms with Crippen LogP contribution in [0.15, 0.2) is 36.7 Å². The van der Waals surface area contributed by atoms with Crippen LogP contribution >= 0.6 is 11.6 Å². The van der Waals surface area contributed by atoms with Gasteiger partial charge in [0.25, 0.3) is 11.6 Å². The first kappa shape index (κ1) is 20.3. The lowest BCUT2D eigenvalue weighted by atomic mass is 10.2. The van der Waals surface area contributed by atoms with Gasteiger partial charge in [0.15, 0.2) is 6.73 Å². The van der Waals surface area contributed by atoms with Crippen LogP contribution < -0.4 is 10.1 Å². The summed E-state index contributed by atoms with van der Waals surface area (Å²) in [7, 11) is 0. The molecule has 0 atom stereocenters. The van der Waals surface area contributed by atoms with Gasteiger partial charge in [0.1, 0.15) is 11.4 Å². The Kier molecular flexibility index (Phi) is 6.13. The number of nitrogens with zero attached hydrogens (tertiary/aromatic N) is 5. The van der Waals surface area contributed by atoms with Crippen molar-refractivity contribution in [2.45, 2.75) is 33.7 Å². The van der Waals surface area contributed by atoms with Gasteiger partial charge in [-0.2, -0.15) is 10.2 Å². The van der Waals surface area contributed by atoms with Crippen molar-refractivity contribution in [3.8, 4) is 5.75 Å². The minimum atomic E-state index is -0.539. The number of hydrogen-bond donors (Lipinski definition) is 1. The van der Waals surface area contributed by atoms with Crippen molar-refractivity contribution >= 4 is 23.2 Å². The van der Waals surface area contributed by atoms with Gasteiger partial charge in [0, 0.05) is 43.2 Å². The highest BCUT2D eigenvalue weighted by molar-refractivity contribution is 6.32. The van der Waals surface area contributed by atoms with Gasteiger partial charge in [-0.3, -0.25) is 19.6 Å². The Hall–Kier alpha value is -3.40. The summed E-state index contributed by atoms with van der Waals surface area (Å²) in [6.07, 6.45) is 3.49. The van der Waals surface area contributed by atoms with Gasteiger partial charge in [-0.15, -0.1) is 0 Å². The van der Waals surface area contributed by atoms with Gasteiger partial charge in [-0.25, -0.2) is 4.68 Å². The van der Waals surface area contributed by atoms with Gasteiger partial charge < -0.3 is 10.1 Å². The lowest BCUT2D eigenvalue weighted by Crippen LogP contribution is -2.23. The van der Waals surface area contributed by atoms with Crippen LogP contribution in [0.2, 0.25) is 5.02 Å². The number of amides is 1. The van der Waals surface area contributed by atoms with E-state index in [1.54, 1.807) is 12.3 Å². The monoisotopic (exact) mass is 418 g/mol. The van der Waals surface area contributed by atoms with Crippen LogP contribution in [-0.4, -0.2) is 30.4 Å². The number of ether oxygens (including phenoxy) is 1. The minimum Gasteiger partial charge on any atom is -0.470 e. The zero-order valence-corrected chi connectivity index (χ0v) is 16.6. The maximum Gasteiger partial charge on any atom is 0.272 e. The van der Waals surface area contributed by atoms with E-state index in [9.17, 15) is 14.9 Å². The van der Waals surface area contributed by atoms with Crippen molar-refractivity contribution in [1.82, 2.24) is 24.9 Å². The van der Waals surface area contributed by atoms with Crippen molar-refractivity contribution in [3.63, 3.8) is 0 Å². The summed E-state index contributed by atoms with van der Waals surface area (Å²) in [5, 5.41) is 22.2. The van der Waals surface area contributed by atoms with Crippen molar-refractivity contribution in [1.29, 1.82) is 0 Å². The van der Waals surface area contributed by atoms with Gasteiger partial charge in [0.2, 0.25) is 0 Å². The second kappa shape index (κ2) is 8.74. The molecule has 0 radical (unpaired) electrons. The number of nitro groups is 1. The molecule has 10 nitrogen and oxygen atoms in total. The Bertz CT molecular complexity index is 1040. The van der Waals surface area contributed by atoms with Gasteiger partial charge in [-0.05, 0) is 26.0 Å². The van der Waals surface area contributed by atoms with Crippen LogP contribution in [0.5, 0.6) is 5.75 Å². The van der Waals surface area contributed by atoms with Crippen LogP contribution in [-0.2, 0) is 19.8 Å². The van der Waals surface area contributed by atoms with E-state index in [0.717, 1.165) is 17.8 Å². The Labute approximate surface area is 171 Å². The quantitative estimate of drug-likeness (QED) is 0.444. The highest BCUT2D eigenvalue weighted by Crippen LogP contribution is 2.28. The smallest absolute Gasteiger partial charge is 0.272 e. The molecule has 1 N–H and O–H groups in total. The molecule has 1 amide bonds. The molecule has 152 valence electrons. The topological polar surface area (TPSA) is 117 Å². The molecule has 29 heavy (non-hydrogen) atoms. The molecule has 2 aromatic heterocycles. The third-order valence-electron chi connectivity index (χ3n) is 4.16. The fourth-order valence-corrected chi connectivity index (χ4v) is 2.80. The zero-order chi connectivity index (χ0) is 21.0. The van der Waals surface area contributed by atoms with Crippen LogP contribution in [0.1, 0.15) is 28.7 Å². The van der Waals surface area contributed by atoms with E-state index >= 15 is 0 Å². The van der Waals surface area contributed by atoms with Crippen LogP contribution in [0, 0.1) is 17.0 Å². The summed E-state index contributed by atoms with van der Waals surface area (Å²) in [6, 6.07) is 5.49. The summed E-state index contributed by atoms with van der Waals surface area (Å²) in [5.41, 5.74) is 1.92. The van der Waals surface area contributed by atoms with Gasteiger partial charge in [-0.1, -0.05) is 11.6 Å². The standard InChI is InChI=1S/C18H19ClN6O4/c1-3-23-10-13(12(2)21-23)9-20-18(26)16-6-7-24(22-16)11-29-17-5-4-14(25(27)28)8-15(17)19/h4-8,10H,3,9,11H2,1-2H3,(H,20,26). The van der Waals surface area contributed by atoms with E-state index < -0.39 is 4.92 Å². The molecular formula is C18H19ClN6O4. The largest absolute Gasteiger partial charge is 0.470 e. The molecule has 0 spiro atoms. The summed E-state index contributed by atoms with van der Waals surface area (Å²) in [4.78, 5) is 22.5. The number of hydrogen-bond acceptors (Lipinski definition) is 6. The number of nitrogens with one attached hydrogen (secondary N) is 1. The molecular weight excluding hydrogens is 400 g/mol. The lowest BCUT2D eigenvalue weighted by molar-refractivity contribution is -0.384. The highest BCUT2D eigenvalue weighted by Gasteiger charge is 2.13. The average Bonchev–Trinajstić information content (AvgIpc) is 3.31. The van der Waals surface area contributed by atoms with Gasteiger partial charge >= 0.3 is 0 Å². The molecule has 11 heteroatoms. The van der Waals surface area contributed by atoms with Crippen LogP contribution in [0.4, 0.5) is 5.69 Å². The third kappa shape index (κ3) is 4.91. The van der Waals surface area contributed by atoms with Crippen LogP contribution in [0.3, 0.4) is 0 Å². The number of non-ortho nitro benzene ring substituents is 1. The SMILES string of the molecule is CCn1cc(CNC(=O)c2ccn(COc3ccc([N+](=O)[O-])cc3Cl)n2)c(C)n1. The summed E-state index contributed by atoms with van der Waals surface area (Å²) in [6.45, 7) is 4.99. The van der Waals surface area contributed by atoms with Gasteiger partial charge in [0.05, 0.1) is 15.6 Å². The predicted octanol–water partition coefficient (Wildman–Crippen LogP) is 2.94. The number of halogens is 1. The predicted molar refractivity (Wildman–Crippen MR) is 105 cm³/mol. The van der Waals surface area contributed by atoms with E-state index in [2.05, 4.69) is 15.5 Å². The first-order valence-electron chi connectivity index (χ1n) is 8.78. The minimum absolute atomic E-state index is 0.00676. The zero-order valence-electron chi connectivity index (χ0n) is 15.8. The number of carbonyl (C=O) groups is 1. The molecule has 3 aromatic rings. The fourth-order valence-electron chi connectivity index (χ4n) is 2.57. The molecule has 0 bridgehead atoms. The highest BCUT2D eigenvalue weighted by atomic mass is 35.5. The second-order valence-electron chi connectivity index (χ2n) is 6.16. The number of carbonyl (C=O) groups excluding carboxylic acids is 1. The Morgan fingerprint density at radius 3 is 2.76 bits per heavy atom. The van der Waals surface area contributed by atoms with Crippen molar-refractivity contribution in [2.75, 3.05) is 0 Å². The van der Waals surface area contributed by atoms with Crippen molar-refractivity contribution < 1.29 is 14.5 Å². The maximum absolute atomic E-state index is 12.3. The summed E-state index contributed by atoms with van der Waals surface area (Å²) >= 11 is 5.99. The number of nitro benzene ring substituents is 1. The third-order valence-corrected chi connectivity index (χ3v) is 4.46. The molecule has 0 fully saturated rings. The molecule has 3 rings (SSSR count). The molecule has 0 aliphatic rings. The number of benzene rings is 1. The Morgan fingerprint density at radius 2 is 2.10 bits per heavy atom.